The highest BCUT2D eigenvalue weighted by Crippen LogP contribution is 2.13. The Kier molecular flexibility index (Phi) is 3.88. The maximum Gasteiger partial charge on any atom is 0.281 e. The van der Waals surface area contributed by atoms with Crippen molar-refractivity contribution in [3.05, 3.63) is 0 Å². The van der Waals surface area contributed by atoms with Crippen molar-refractivity contribution >= 4 is 10.2 Å². The first-order chi connectivity index (χ1) is 6.48. The molecule has 0 aromatic rings. The van der Waals surface area contributed by atoms with Crippen LogP contribution in [0, 0.1) is 0 Å². The minimum absolute atomic E-state index is 0.0403. The number of ether oxygens (including phenoxy) is 1. The highest BCUT2D eigenvalue weighted by Gasteiger charge is 2.29. The summed E-state index contributed by atoms with van der Waals surface area (Å²) >= 11 is 0. The van der Waals surface area contributed by atoms with E-state index < -0.39 is 10.2 Å². The lowest BCUT2D eigenvalue weighted by Crippen LogP contribution is -2.49. The summed E-state index contributed by atoms with van der Waals surface area (Å²) in [7, 11) is -0.162. The van der Waals surface area contributed by atoms with Gasteiger partial charge in [-0.2, -0.15) is 17.0 Å². The standard InChI is InChI=1S/C8H18N2O3S/c1-4-8-7-10(5-6-13-8)14(11,12)9(2)3/h8H,4-7H2,1-3H3. The molecule has 0 amide bonds. The predicted octanol–water partition coefficient (Wildman–Crippen LogP) is -0.0964. The number of hydrogen-bond donors (Lipinski definition) is 0. The van der Waals surface area contributed by atoms with Crippen LogP contribution in [-0.4, -0.2) is 56.9 Å². The van der Waals surface area contributed by atoms with E-state index in [1.807, 2.05) is 6.92 Å². The van der Waals surface area contributed by atoms with Gasteiger partial charge in [-0.3, -0.25) is 0 Å². The summed E-state index contributed by atoms with van der Waals surface area (Å²) in [6.07, 6.45) is 0.887. The Morgan fingerprint density at radius 2 is 2.14 bits per heavy atom. The van der Waals surface area contributed by atoms with Crippen LogP contribution in [0.2, 0.25) is 0 Å². The van der Waals surface area contributed by atoms with Gasteiger partial charge in [-0.05, 0) is 6.42 Å². The lowest BCUT2D eigenvalue weighted by atomic mass is 10.2. The molecule has 0 aromatic carbocycles. The van der Waals surface area contributed by atoms with Crippen molar-refractivity contribution in [1.82, 2.24) is 8.61 Å². The van der Waals surface area contributed by atoms with E-state index in [1.165, 1.54) is 8.61 Å². The minimum atomic E-state index is -3.26. The summed E-state index contributed by atoms with van der Waals surface area (Å²) in [5.74, 6) is 0. The second-order valence-electron chi connectivity index (χ2n) is 3.55. The molecule has 0 saturated carbocycles. The molecule has 1 unspecified atom stereocenters. The second kappa shape index (κ2) is 4.57. The molecule has 0 bridgehead atoms. The molecule has 14 heavy (non-hydrogen) atoms. The minimum Gasteiger partial charge on any atom is -0.375 e. The van der Waals surface area contributed by atoms with Crippen LogP contribution in [0.15, 0.2) is 0 Å². The summed E-state index contributed by atoms with van der Waals surface area (Å²) in [6.45, 7) is 3.41. The summed E-state index contributed by atoms with van der Waals surface area (Å²) in [4.78, 5) is 0. The molecule has 0 aromatic heterocycles. The van der Waals surface area contributed by atoms with Gasteiger partial charge in [0.1, 0.15) is 0 Å². The molecule has 1 fully saturated rings. The molecule has 1 saturated heterocycles. The third-order valence-corrected chi connectivity index (χ3v) is 4.25. The molecule has 1 aliphatic heterocycles. The Balaban J connectivity index is 2.69. The van der Waals surface area contributed by atoms with Crippen molar-refractivity contribution in [2.45, 2.75) is 19.4 Å². The van der Waals surface area contributed by atoms with Crippen LogP contribution >= 0.6 is 0 Å². The lowest BCUT2D eigenvalue weighted by Gasteiger charge is -2.33. The molecule has 84 valence electrons. The zero-order chi connectivity index (χ0) is 10.8. The molecule has 5 nitrogen and oxygen atoms in total. The zero-order valence-electron chi connectivity index (χ0n) is 8.93. The van der Waals surface area contributed by atoms with E-state index in [0.29, 0.717) is 19.7 Å². The largest absolute Gasteiger partial charge is 0.375 e. The average Bonchev–Trinajstić information content (AvgIpc) is 2.17. The number of rotatable bonds is 3. The quantitative estimate of drug-likeness (QED) is 0.670. The van der Waals surface area contributed by atoms with E-state index in [9.17, 15) is 8.42 Å². The molecular weight excluding hydrogens is 204 g/mol. The van der Waals surface area contributed by atoms with Crippen LogP contribution < -0.4 is 0 Å². The van der Waals surface area contributed by atoms with Crippen LogP contribution in [0.3, 0.4) is 0 Å². The van der Waals surface area contributed by atoms with Crippen molar-refractivity contribution < 1.29 is 13.2 Å². The smallest absolute Gasteiger partial charge is 0.281 e. The maximum atomic E-state index is 11.7. The zero-order valence-corrected chi connectivity index (χ0v) is 9.75. The van der Waals surface area contributed by atoms with Crippen LogP contribution in [-0.2, 0) is 14.9 Å². The first-order valence-corrected chi connectivity index (χ1v) is 6.17. The van der Waals surface area contributed by atoms with Crippen molar-refractivity contribution in [1.29, 1.82) is 0 Å². The highest BCUT2D eigenvalue weighted by atomic mass is 32.2. The molecule has 0 aliphatic carbocycles. The average molecular weight is 222 g/mol. The summed E-state index contributed by atoms with van der Waals surface area (Å²) < 4.78 is 31.6. The van der Waals surface area contributed by atoms with E-state index >= 15 is 0 Å². The van der Waals surface area contributed by atoms with Crippen LogP contribution in [0.5, 0.6) is 0 Å². The molecule has 0 spiro atoms. The van der Waals surface area contributed by atoms with E-state index in [2.05, 4.69) is 0 Å². The van der Waals surface area contributed by atoms with Gasteiger partial charge >= 0.3 is 0 Å². The van der Waals surface area contributed by atoms with Gasteiger partial charge in [0, 0.05) is 27.2 Å². The molecule has 6 heteroatoms. The van der Waals surface area contributed by atoms with Gasteiger partial charge in [-0.25, -0.2) is 0 Å². The predicted molar refractivity (Wildman–Crippen MR) is 54.2 cm³/mol. The summed E-state index contributed by atoms with van der Waals surface area (Å²) in [5, 5.41) is 0. The van der Waals surface area contributed by atoms with Gasteiger partial charge in [0.15, 0.2) is 0 Å². The van der Waals surface area contributed by atoms with E-state index in [1.54, 1.807) is 14.1 Å². The molecular formula is C8H18N2O3S. The van der Waals surface area contributed by atoms with Crippen LogP contribution in [0.25, 0.3) is 0 Å². The van der Waals surface area contributed by atoms with Crippen molar-refractivity contribution in [3.63, 3.8) is 0 Å². The fourth-order valence-electron chi connectivity index (χ4n) is 1.38. The lowest BCUT2D eigenvalue weighted by molar-refractivity contribution is -0.00405. The van der Waals surface area contributed by atoms with Gasteiger partial charge in [0.2, 0.25) is 0 Å². The SMILES string of the molecule is CCC1CN(S(=O)(=O)N(C)C)CCO1. The normalized spacial score (nSPS) is 25.6. The molecule has 1 heterocycles. The summed E-state index contributed by atoms with van der Waals surface area (Å²) in [6, 6.07) is 0. The number of morpholine rings is 1. The topological polar surface area (TPSA) is 49.9 Å². The Morgan fingerprint density at radius 3 is 2.64 bits per heavy atom. The van der Waals surface area contributed by atoms with Crippen molar-refractivity contribution in [3.8, 4) is 0 Å². The molecule has 1 aliphatic rings. The number of hydrogen-bond acceptors (Lipinski definition) is 3. The van der Waals surface area contributed by atoms with Crippen LogP contribution in [0.1, 0.15) is 13.3 Å². The Labute approximate surface area is 85.8 Å². The fraction of sp³-hybridized carbons (Fsp3) is 1.00. The Hall–Kier alpha value is -0.170. The van der Waals surface area contributed by atoms with E-state index in [4.69, 9.17) is 4.74 Å². The molecule has 1 rings (SSSR count). The fourth-order valence-corrected chi connectivity index (χ4v) is 2.50. The van der Waals surface area contributed by atoms with Gasteiger partial charge in [-0.1, -0.05) is 6.92 Å². The Morgan fingerprint density at radius 1 is 1.50 bits per heavy atom. The number of nitrogens with zero attached hydrogens (tertiary/aromatic N) is 2. The third kappa shape index (κ3) is 2.44. The molecule has 0 radical (unpaired) electrons. The van der Waals surface area contributed by atoms with Crippen molar-refractivity contribution in [2.75, 3.05) is 33.8 Å². The first-order valence-electron chi connectivity index (χ1n) is 4.77. The van der Waals surface area contributed by atoms with Crippen LogP contribution in [0.4, 0.5) is 0 Å². The van der Waals surface area contributed by atoms with Gasteiger partial charge in [0.25, 0.3) is 10.2 Å². The van der Waals surface area contributed by atoms with Crippen molar-refractivity contribution in [2.24, 2.45) is 0 Å². The maximum absolute atomic E-state index is 11.7. The third-order valence-electron chi connectivity index (χ3n) is 2.34. The molecule has 1 atom stereocenters. The van der Waals surface area contributed by atoms with E-state index in [-0.39, 0.29) is 6.10 Å². The highest BCUT2D eigenvalue weighted by molar-refractivity contribution is 7.86. The van der Waals surface area contributed by atoms with Gasteiger partial charge in [-0.15, -0.1) is 0 Å². The monoisotopic (exact) mass is 222 g/mol. The second-order valence-corrected chi connectivity index (χ2v) is 5.69. The van der Waals surface area contributed by atoms with Gasteiger partial charge < -0.3 is 4.74 Å². The first kappa shape index (κ1) is 11.9. The summed E-state index contributed by atoms with van der Waals surface area (Å²) in [5.41, 5.74) is 0. The van der Waals surface area contributed by atoms with E-state index in [0.717, 1.165) is 6.42 Å². The Bertz CT molecular complexity index is 276. The van der Waals surface area contributed by atoms with Gasteiger partial charge in [0.05, 0.1) is 12.7 Å². The molecule has 0 N–H and O–H groups in total.